The fraction of sp³-hybridized carbons (Fsp3) is 0. The molecule has 0 aromatic heterocycles. The van der Waals surface area contributed by atoms with Gasteiger partial charge in [-0.2, -0.15) is 5.26 Å². The Balaban J connectivity index is 2.34. The molecule has 0 aliphatic rings. The van der Waals surface area contributed by atoms with Crippen molar-refractivity contribution in [3.05, 3.63) is 52.5 Å². The van der Waals surface area contributed by atoms with Gasteiger partial charge in [0.25, 0.3) is 10.0 Å². The number of hydrogen-bond acceptors (Lipinski definition) is 4. The molecular weight excluding hydrogens is 342 g/mol. The van der Waals surface area contributed by atoms with Gasteiger partial charge < -0.3 is 5.73 Å². The van der Waals surface area contributed by atoms with Crippen LogP contribution in [-0.2, 0) is 10.0 Å². The molecule has 102 valence electrons. The summed E-state index contributed by atoms with van der Waals surface area (Å²) in [4.78, 5) is 0.114. The van der Waals surface area contributed by atoms with Crippen LogP contribution in [0.4, 0.5) is 11.4 Å². The van der Waals surface area contributed by atoms with E-state index in [1.165, 1.54) is 36.4 Å². The van der Waals surface area contributed by atoms with Crippen molar-refractivity contribution in [2.75, 3.05) is 10.5 Å². The zero-order chi connectivity index (χ0) is 14.8. The van der Waals surface area contributed by atoms with Gasteiger partial charge in [0, 0.05) is 10.2 Å². The van der Waals surface area contributed by atoms with Crippen molar-refractivity contribution in [2.24, 2.45) is 0 Å². The summed E-state index contributed by atoms with van der Waals surface area (Å²) in [6.45, 7) is 0. The Morgan fingerprint density at radius 3 is 2.35 bits per heavy atom. The van der Waals surface area contributed by atoms with Crippen LogP contribution in [0, 0.1) is 11.3 Å². The van der Waals surface area contributed by atoms with E-state index in [4.69, 9.17) is 11.0 Å². The summed E-state index contributed by atoms with van der Waals surface area (Å²) in [5.74, 6) is 0. The summed E-state index contributed by atoms with van der Waals surface area (Å²) in [7, 11) is -3.69. The minimum atomic E-state index is -3.69. The molecule has 0 heterocycles. The molecule has 3 N–H and O–H groups in total. The Hall–Kier alpha value is -2.04. The van der Waals surface area contributed by atoms with E-state index in [9.17, 15) is 8.42 Å². The lowest BCUT2D eigenvalue weighted by molar-refractivity contribution is 0.601. The Kier molecular flexibility index (Phi) is 3.97. The fourth-order valence-corrected chi connectivity index (χ4v) is 3.21. The van der Waals surface area contributed by atoms with Crippen molar-refractivity contribution in [1.82, 2.24) is 0 Å². The molecule has 0 saturated heterocycles. The Morgan fingerprint density at radius 1 is 1.15 bits per heavy atom. The second-order valence-corrected chi connectivity index (χ2v) is 6.52. The van der Waals surface area contributed by atoms with E-state index in [0.29, 0.717) is 21.4 Å². The van der Waals surface area contributed by atoms with Crippen molar-refractivity contribution in [3.63, 3.8) is 0 Å². The maximum atomic E-state index is 12.2. The van der Waals surface area contributed by atoms with Gasteiger partial charge in [-0.05, 0) is 58.4 Å². The molecule has 0 aliphatic heterocycles. The topological polar surface area (TPSA) is 96.0 Å². The van der Waals surface area contributed by atoms with Gasteiger partial charge >= 0.3 is 0 Å². The molecule has 0 unspecified atom stereocenters. The Labute approximate surface area is 125 Å². The van der Waals surface area contributed by atoms with Crippen molar-refractivity contribution in [1.29, 1.82) is 5.26 Å². The van der Waals surface area contributed by atoms with Crippen molar-refractivity contribution in [3.8, 4) is 6.07 Å². The molecule has 0 bridgehead atoms. The second-order valence-electron chi connectivity index (χ2n) is 3.98. The first-order chi connectivity index (χ1) is 9.42. The quantitative estimate of drug-likeness (QED) is 0.830. The minimum absolute atomic E-state index is 0.114. The first-order valence-electron chi connectivity index (χ1n) is 5.50. The van der Waals surface area contributed by atoms with E-state index in [1.54, 1.807) is 6.07 Å². The summed E-state index contributed by atoms with van der Waals surface area (Å²) in [6, 6.07) is 12.5. The molecule has 0 radical (unpaired) electrons. The third kappa shape index (κ3) is 3.10. The third-order valence-corrected chi connectivity index (χ3v) is 4.57. The lowest BCUT2D eigenvalue weighted by Crippen LogP contribution is -2.13. The average molecular weight is 352 g/mol. The molecule has 0 saturated carbocycles. The summed E-state index contributed by atoms with van der Waals surface area (Å²) < 4.78 is 27.3. The lowest BCUT2D eigenvalue weighted by atomic mass is 10.2. The van der Waals surface area contributed by atoms with Crippen LogP contribution in [0.15, 0.2) is 51.8 Å². The maximum absolute atomic E-state index is 12.2. The number of nitrogens with zero attached hydrogens (tertiary/aromatic N) is 1. The number of anilines is 2. The zero-order valence-electron chi connectivity index (χ0n) is 10.2. The van der Waals surface area contributed by atoms with Crippen LogP contribution >= 0.6 is 15.9 Å². The number of nitriles is 1. The van der Waals surface area contributed by atoms with Gasteiger partial charge in [-0.3, -0.25) is 4.72 Å². The molecule has 5 nitrogen and oxygen atoms in total. The summed E-state index contributed by atoms with van der Waals surface area (Å²) in [6.07, 6.45) is 0. The maximum Gasteiger partial charge on any atom is 0.261 e. The largest absolute Gasteiger partial charge is 0.399 e. The fourth-order valence-electron chi connectivity index (χ4n) is 1.52. The van der Waals surface area contributed by atoms with E-state index >= 15 is 0 Å². The number of sulfonamides is 1. The number of nitrogens with one attached hydrogen (secondary N) is 1. The second kappa shape index (κ2) is 5.53. The van der Waals surface area contributed by atoms with E-state index in [-0.39, 0.29) is 4.90 Å². The van der Waals surface area contributed by atoms with E-state index < -0.39 is 10.0 Å². The molecule has 0 fully saturated rings. The van der Waals surface area contributed by atoms with Crippen LogP contribution in [0.3, 0.4) is 0 Å². The lowest BCUT2D eigenvalue weighted by Gasteiger charge is -2.10. The first-order valence-corrected chi connectivity index (χ1v) is 7.78. The highest BCUT2D eigenvalue weighted by molar-refractivity contribution is 9.10. The normalized spacial score (nSPS) is 10.8. The molecule has 2 aromatic rings. The highest BCUT2D eigenvalue weighted by atomic mass is 79.9. The predicted molar refractivity (Wildman–Crippen MR) is 80.5 cm³/mol. The average Bonchev–Trinajstić information content (AvgIpc) is 2.41. The van der Waals surface area contributed by atoms with Crippen LogP contribution in [0.25, 0.3) is 0 Å². The van der Waals surface area contributed by atoms with Crippen molar-refractivity contribution in [2.45, 2.75) is 4.90 Å². The minimum Gasteiger partial charge on any atom is -0.399 e. The number of hydrogen-bond donors (Lipinski definition) is 2. The molecule has 20 heavy (non-hydrogen) atoms. The monoisotopic (exact) mass is 351 g/mol. The molecule has 7 heteroatoms. The van der Waals surface area contributed by atoms with Crippen LogP contribution in [0.2, 0.25) is 0 Å². The van der Waals surface area contributed by atoms with Crippen molar-refractivity contribution < 1.29 is 8.42 Å². The van der Waals surface area contributed by atoms with Crippen LogP contribution in [-0.4, -0.2) is 8.42 Å². The Bertz CT molecular complexity index is 780. The van der Waals surface area contributed by atoms with Gasteiger partial charge in [0.05, 0.1) is 22.2 Å². The molecule has 0 aliphatic carbocycles. The van der Waals surface area contributed by atoms with Crippen LogP contribution in [0.5, 0.6) is 0 Å². The van der Waals surface area contributed by atoms with Gasteiger partial charge in [0.2, 0.25) is 0 Å². The van der Waals surface area contributed by atoms with Gasteiger partial charge in [-0.15, -0.1) is 0 Å². The molecule has 2 aromatic carbocycles. The highest BCUT2D eigenvalue weighted by Gasteiger charge is 2.15. The SMILES string of the molecule is N#Cc1ccc(NS(=O)(=O)c2ccc(N)cc2)c(Br)c1. The van der Waals surface area contributed by atoms with E-state index in [2.05, 4.69) is 20.7 Å². The molecule has 2 rings (SSSR count). The van der Waals surface area contributed by atoms with Gasteiger partial charge in [0.15, 0.2) is 0 Å². The van der Waals surface area contributed by atoms with Gasteiger partial charge in [-0.25, -0.2) is 8.42 Å². The summed E-state index contributed by atoms with van der Waals surface area (Å²) >= 11 is 3.23. The number of nitrogen functional groups attached to an aromatic ring is 1. The molecule has 0 amide bonds. The number of halogens is 1. The van der Waals surface area contributed by atoms with Crippen LogP contribution < -0.4 is 10.5 Å². The predicted octanol–water partition coefficient (Wildman–Crippen LogP) is 2.70. The number of rotatable bonds is 3. The third-order valence-electron chi connectivity index (χ3n) is 2.53. The Morgan fingerprint density at radius 2 is 1.80 bits per heavy atom. The number of nitrogens with two attached hydrogens (primary N) is 1. The molecule has 0 spiro atoms. The summed E-state index contributed by atoms with van der Waals surface area (Å²) in [5.41, 5.74) is 6.81. The van der Waals surface area contributed by atoms with Crippen LogP contribution in [0.1, 0.15) is 5.56 Å². The number of benzene rings is 2. The van der Waals surface area contributed by atoms with Gasteiger partial charge in [0.1, 0.15) is 0 Å². The summed E-state index contributed by atoms with van der Waals surface area (Å²) in [5, 5.41) is 8.77. The standard InChI is InChI=1S/C13H10BrN3O2S/c14-12-7-9(8-15)1-6-13(12)17-20(18,19)11-4-2-10(16)3-5-11/h1-7,17H,16H2. The van der Waals surface area contributed by atoms with E-state index in [0.717, 1.165) is 0 Å². The van der Waals surface area contributed by atoms with Crippen molar-refractivity contribution >= 4 is 37.3 Å². The van der Waals surface area contributed by atoms with E-state index in [1.807, 2.05) is 6.07 Å². The van der Waals surface area contributed by atoms with Gasteiger partial charge in [-0.1, -0.05) is 0 Å². The first kappa shape index (κ1) is 14.4. The molecular formula is C13H10BrN3O2S. The smallest absolute Gasteiger partial charge is 0.261 e. The molecule has 0 atom stereocenters. The highest BCUT2D eigenvalue weighted by Crippen LogP contribution is 2.26. The zero-order valence-corrected chi connectivity index (χ0v) is 12.6.